The highest BCUT2D eigenvalue weighted by atomic mass is 32.1. The molecule has 1 aliphatic heterocycles. The number of aromatic nitrogens is 2. The number of thiophene rings is 1. The summed E-state index contributed by atoms with van der Waals surface area (Å²) in [6.07, 6.45) is 2.78. The van der Waals surface area contributed by atoms with Gasteiger partial charge >= 0.3 is 0 Å². The third-order valence-corrected chi connectivity index (χ3v) is 6.34. The second-order valence-electron chi connectivity index (χ2n) is 7.57. The first-order valence-corrected chi connectivity index (χ1v) is 11.4. The minimum absolute atomic E-state index is 0.0602. The molecule has 1 aliphatic rings. The van der Waals surface area contributed by atoms with E-state index in [4.69, 9.17) is 0 Å². The molecule has 0 unspecified atom stereocenters. The lowest BCUT2D eigenvalue weighted by Gasteiger charge is -2.27. The van der Waals surface area contributed by atoms with E-state index in [1.54, 1.807) is 11.3 Å². The largest absolute Gasteiger partial charge is 0.357 e. The summed E-state index contributed by atoms with van der Waals surface area (Å²) in [5.74, 6) is 1.60. The molecule has 2 aromatic heterocycles. The van der Waals surface area contributed by atoms with Crippen molar-refractivity contribution >= 4 is 23.2 Å². The van der Waals surface area contributed by atoms with E-state index >= 15 is 0 Å². The fourth-order valence-electron chi connectivity index (χ4n) is 3.68. The maximum Gasteiger partial charge on any atom is 0.244 e. The lowest BCUT2D eigenvalue weighted by atomic mass is 10.1. The summed E-state index contributed by atoms with van der Waals surface area (Å²) in [5, 5.41) is 5.38. The van der Waals surface area contributed by atoms with Crippen molar-refractivity contribution in [3.63, 3.8) is 0 Å². The van der Waals surface area contributed by atoms with E-state index in [-0.39, 0.29) is 12.5 Å². The molecule has 1 aromatic carbocycles. The Kier molecular flexibility index (Phi) is 6.66. The molecule has 0 saturated carbocycles. The highest BCUT2D eigenvalue weighted by Gasteiger charge is 2.21. The molecule has 0 saturated heterocycles. The van der Waals surface area contributed by atoms with Crippen LogP contribution in [0.25, 0.3) is 11.3 Å². The summed E-state index contributed by atoms with van der Waals surface area (Å²) in [6, 6.07) is 12.2. The molecule has 7 nitrogen and oxygen atoms in total. The van der Waals surface area contributed by atoms with Crippen LogP contribution in [0.5, 0.6) is 0 Å². The van der Waals surface area contributed by atoms with Crippen LogP contribution in [-0.2, 0) is 24.3 Å². The van der Waals surface area contributed by atoms with Crippen LogP contribution in [0.3, 0.4) is 0 Å². The first-order chi connectivity index (χ1) is 15.1. The normalized spacial score (nSPS) is 13.7. The fraction of sp³-hybridized carbons (Fsp3) is 0.348. The Hall–Kier alpha value is -3.13. The Morgan fingerprint density at radius 2 is 2.16 bits per heavy atom. The quantitative estimate of drug-likeness (QED) is 0.460. The van der Waals surface area contributed by atoms with Gasteiger partial charge in [0.15, 0.2) is 5.96 Å². The topological polar surface area (TPSA) is 76.6 Å². The number of fused-ring (bicyclic) bond motifs is 1. The smallest absolute Gasteiger partial charge is 0.244 e. The van der Waals surface area contributed by atoms with Crippen LogP contribution in [0.15, 0.2) is 53.0 Å². The zero-order valence-electron chi connectivity index (χ0n) is 18.0. The van der Waals surface area contributed by atoms with E-state index in [9.17, 15) is 4.79 Å². The SMILES string of the molecule is CCNC(=NCC(=O)N1CCc2sccc2C1)N(C)Cc1ncc(-c2ccccc2)[nH]1. The van der Waals surface area contributed by atoms with Gasteiger partial charge in [-0.1, -0.05) is 30.3 Å². The fourth-order valence-corrected chi connectivity index (χ4v) is 4.57. The Balaban J connectivity index is 1.38. The summed E-state index contributed by atoms with van der Waals surface area (Å²) >= 11 is 1.78. The van der Waals surface area contributed by atoms with E-state index < -0.39 is 0 Å². The standard InChI is InChI=1S/C23H28N6OS/c1-3-24-23(26-14-22(30)29-11-9-20-18(15-29)10-12-31-20)28(2)16-21-25-13-19(27-21)17-7-5-4-6-8-17/h4-8,10,12-13H,3,9,11,14-16H2,1-2H3,(H,24,26)(H,25,27). The molecular weight excluding hydrogens is 408 g/mol. The van der Waals surface area contributed by atoms with Crippen LogP contribution in [0.2, 0.25) is 0 Å². The second-order valence-corrected chi connectivity index (χ2v) is 8.57. The minimum atomic E-state index is 0.0602. The van der Waals surface area contributed by atoms with Crippen molar-refractivity contribution in [3.05, 3.63) is 64.2 Å². The first kappa shape index (κ1) is 21.1. The van der Waals surface area contributed by atoms with Gasteiger partial charge in [0.05, 0.1) is 18.4 Å². The number of guanidine groups is 1. The summed E-state index contributed by atoms with van der Waals surface area (Å²) in [5.41, 5.74) is 3.36. The van der Waals surface area contributed by atoms with Crippen molar-refractivity contribution in [1.29, 1.82) is 0 Å². The number of aliphatic imine (C=N–C) groups is 1. The Morgan fingerprint density at radius 1 is 1.32 bits per heavy atom. The molecule has 8 heteroatoms. The number of nitrogens with one attached hydrogen (secondary N) is 2. The number of amides is 1. The number of imidazole rings is 1. The number of carbonyl (C=O) groups excluding carboxylic acids is 1. The maximum atomic E-state index is 12.7. The summed E-state index contributed by atoms with van der Waals surface area (Å²) < 4.78 is 0. The molecule has 0 spiro atoms. The van der Waals surface area contributed by atoms with Gasteiger partial charge in [-0.2, -0.15) is 0 Å². The van der Waals surface area contributed by atoms with Gasteiger partial charge in [-0.15, -0.1) is 11.3 Å². The van der Waals surface area contributed by atoms with E-state index in [2.05, 4.69) is 43.9 Å². The van der Waals surface area contributed by atoms with Gasteiger partial charge in [0.1, 0.15) is 12.4 Å². The van der Waals surface area contributed by atoms with Crippen molar-refractivity contribution in [1.82, 2.24) is 25.1 Å². The maximum absolute atomic E-state index is 12.7. The van der Waals surface area contributed by atoms with Crippen molar-refractivity contribution in [2.75, 3.05) is 26.7 Å². The number of carbonyl (C=O) groups is 1. The van der Waals surface area contributed by atoms with Gasteiger partial charge in [-0.25, -0.2) is 9.98 Å². The average Bonchev–Trinajstić information content (AvgIpc) is 3.46. The average molecular weight is 437 g/mol. The highest BCUT2D eigenvalue weighted by molar-refractivity contribution is 7.10. The van der Waals surface area contributed by atoms with E-state index in [0.717, 1.165) is 36.6 Å². The predicted octanol–water partition coefficient (Wildman–Crippen LogP) is 3.12. The lowest BCUT2D eigenvalue weighted by Crippen LogP contribution is -2.41. The van der Waals surface area contributed by atoms with Crippen molar-refractivity contribution in [2.24, 2.45) is 4.99 Å². The predicted molar refractivity (Wildman–Crippen MR) is 125 cm³/mol. The molecule has 0 fully saturated rings. The molecule has 4 rings (SSSR count). The molecule has 2 N–H and O–H groups in total. The molecule has 162 valence electrons. The van der Waals surface area contributed by atoms with E-state index in [0.29, 0.717) is 19.0 Å². The molecule has 3 heterocycles. The minimum Gasteiger partial charge on any atom is -0.357 e. The van der Waals surface area contributed by atoms with Gasteiger partial charge in [0, 0.05) is 31.6 Å². The molecule has 0 atom stereocenters. The third kappa shape index (κ3) is 5.14. The van der Waals surface area contributed by atoms with Crippen molar-refractivity contribution in [3.8, 4) is 11.3 Å². The number of aromatic amines is 1. The molecule has 3 aromatic rings. The van der Waals surface area contributed by atoms with Gasteiger partial charge in [-0.3, -0.25) is 4.79 Å². The Morgan fingerprint density at radius 3 is 2.97 bits per heavy atom. The molecule has 31 heavy (non-hydrogen) atoms. The number of H-pyrrole nitrogens is 1. The highest BCUT2D eigenvalue weighted by Crippen LogP contribution is 2.24. The summed E-state index contributed by atoms with van der Waals surface area (Å²) in [7, 11) is 1.95. The Bertz CT molecular complexity index is 1040. The van der Waals surface area contributed by atoms with Gasteiger partial charge in [0.2, 0.25) is 5.91 Å². The van der Waals surface area contributed by atoms with Crippen LogP contribution in [0.4, 0.5) is 0 Å². The zero-order chi connectivity index (χ0) is 21.6. The van der Waals surface area contributed by atoms with Crippen molar-refractivity contribution in [2.45, 2.75) is 26.4 Å². The van der Waals surface area contributed by atoms with E-state index in [1.807, 2.05) is 48.2 Å². The van der Waals surface area contributed by atoms with Crippen LogP contribution in [-0.4, -0.2) is 58.3 Å². The number of rotatable bonds is 6. The summed E-state index contributed by atoms with van der Waals surface area (Å²) in [6.45, 7) is 4.91. The van der Waals surface area contributed by atoms with Crippen LogP contribution in [0.1, 0.15) is 23.2 Å². The molecular formula is C23H28N6OS. The Labute approximate surface area is 186 Å². The second kappa shape index (κ2) is 9.78. The van der Waals surface area contributed by atoms with Gasteiger partial charge in [0.25, 0.3) is 0 Å². The molecule has 0 radical (unpaired) electrons. The van der Waals surface area contributed by atoms with Crippen molar-refractivity contribution < 1.29 is 4.79 Å². The van der Waals surface area contributed by atoms with Crippen LogP contribution >= 0.6 is 11.3 Å². The van der Waals surface area contributed by atoms with Gasteiger partial charge < -0.3 is 20.1 Å². The number of nitrogens with zero attached hydrogens (tertiary/aromatic N) is 4. The van der Waals surface area contributed by atoms with Crippen LogP contribution < -0.4 is 5.32 Å². The number of hydrogen-bond donors (Lipinski definition) is 2. The monoisotopic (exact) mass is 436 g/mol. The molecule has 0 aliphatic carbocycles. The summed E-state index contributed by atoms with van der Waals surface area (Å²) in [4.78, 5) is 30.5. The number of benzene rings is 1. The first-order valence-electron chi connectivity index (χ1n) is 10.6. The zero-order valence-corrected chi connectivity index (χ0v) is 18.8. The molecule has 1 amide bonds. The van der Waals surface area contributed by atoms with Gasteiger partial charge in [-0.05, 0) is 35.9 Å². The number of hydrogen-bond acceptors (Lipinski definition) is 4. The lowest BCUT2D eigenvalue weighted by molar-refractivity contribution is -0.130. The van der Waals surface area contributed by atoms with E-state index in [1.165, 1.54) is 10.4 Å². The third-order valence-electron chi connectivity index (χ3n) is 5.32. The van der Waals surface area contributed by atoms with Crippen LogP contribution in [0, 0.1) is 0 Å². The molecule has 0 bridgehead atoms.